The molecule has 0 aliphatic heterocycles. The molecule has 0 aliphatic carbocycles. The molecule has 3 aromatic rings. The number of aromatic nitrogens is 2. The zero-order valence-corrected chi connectivity index (χ0v) is 10.6. The molecule has 0 atom stereocenters. The van der Waals surface area contributed by atoms with Gasteiger partial charge in [0.05, 0.1) is 18.0 Å². The summed E-state index contributed by atoms with van der Waals surface area (Å²) in [6.07, 6.45) is 5.10. The lowest BCUT2D eigenvalue weighted by Gasteiger charge is -2.06. The number of carbonyl (C=O) groups excluding carboxylic acids is 1. The topological polar surface area (TPSA) is 46.4 Å². The highest BCUT2D eigenvalue weighted by Crippen LogP contribution is 2.08. The van der Waals surface area contributed by atoms with Gasteiger partial charge < -0.3 is 9.72 Å². The fourth-order valence-corrected chi connectivity index (χ4v) is 1.98. The van der Waals surface area contributed by atoms with E-state index in [0.29, 0.717) is 11.1 Å². The van der Waals surface area contributed by atoms with Gasteiger partial charge in [-0.2, -0.15) is 0 Å². The summed E-state index contributed by atoms with van der Waals surface area (Å²) in [7, 11) is 0. The lowest BCUT2D eigenvalue weighted by Crippen LogP contribution is -2.23. The first kappa shape index (κ1) is 12.3. The van der Waals surface area contributed by atoms with E-state index in [1.807, 2.05) is 4.40 Å². The normalized spacial score (nSPS) is 10.7. The van der Waals surface area contributed by atoms with Gasteiger partial charge in [-0.3, -0.25) is 4.79 Å². The van der Waals surface area contributed by atoms with Gasteiger partial charge in [-0.25, -0.2) is 9.37 Å². The summed E-state index contributed by atoms with van der Waals surface area (Å²) in [4.78, 5) is 16.0. The summed E-state index contributed by atoms with van der Waals surface area (Å²) < 4.78 is 15.3. The Bertz CT molecular complexity index is 766. The molecule has 20 heavy (non-hydrogen) atoms. The van der Waals surface area contributed by atoms with Gasteiger partial charge in [-0.15, -0.1) is 0 Å². The van der Waals surface area contributed by atoms with Crippen molar-refractivity contribution >= 4 is 11.4 Å². The van der Waals surface area contributed by atoms with E-state index in [1.54, 1.807) is 49.1 Å². The highest BCUT2D eigenvalue weighted by molar-refractivity contribution is 5.95. The van der Waals surface area contributed by atoms with Crippen LogP contribution in [0.3, 0.4) is 0 Å². The minimum Gasteiger partial charge on any atom is -0.348 e. The number of nitrogens with zero attached hydrogens (tertiary/aromatic N) is 2. The van der Waals surface area contributed by atoms with Gasteiger partial charge in [0.2, 0.25) is 0 Å². The van der Waals surface area contributed by atoms with Gasteiger partial charge in [0.1, 0.15) is 5.82 Å². The SMILES string of the molecule is O=C(NCc1ccccc1F)c1ccn2cncc2c1. The summed E-state index contributed by atoms with van der Waals surface area (Å²) >= 11 is 0. The number of carbonyl (C=O) groups is 1. The predicted octanol–water partition coefficient (Wildman–Crippen LogP) is 2.40. The molecular formula is C15H12FN3O. The van der Waals surface area contributed by atoms with Crippen LogP contribution in [0.25, 0.3) is 5.52 Å². The van der Waals surface area contributed by atoms with Crippen LogP contribution >= 0.6 is 0 Å². The van der Waals surface area contributed by atoms with Gasteiger partial charge in [0, 0.05) is 23.9 Å². The third kappa shape index (κ3) is 2.38. The third-order valence-corrected chi connectivity index (χ3v) is 3.07. The Balaban J connectivity index is 1.74. The fourth-order valence-electron chi connectivity index (χ4n) is 1.98. The molecule has 1 aromatic carbocycles. The zero-order chi connectivity index (χ0) is 13.9. The molecule has 0 bridgehead atoms. The summed E-state index contributed by atoms with van der Waals surface area (Å²) in [6.45, 7) is 0.163. The molecule has 2 aromatic heterocycles. The number of pyridine rings is 1. The van der Waals surface area contributed by atoms with Crippen molar-refractivity contribution in [3.05, 3.63) is 72.1 Å². The van der Waals surface area contributed by atoms with Crippen LogP contribution in [0.4, 0.5) is 4.39 Å². The van der Waals surface area contributed by atoms with Crippen LogP contribution < -0.4 is 5.32 Å². The Morgan fingerprint density at radius 2 is 2.15 bits per heavy atom. The molecule has 4 nitrogen and oxygen atoms in total. The van der Waals surface area contributed by atoms with E-state index in [-0.39, 0.29) is 18.3 Å². The minimum absolute atomic E-state index is 0.163. The third-order valence-electron chi connectivity index (χ3n) is 3.07. The lowest BCUT2D eigenvalue weighted by atomic mass is 10.2. The molecule has 5 heteroatoms. The average Bonchev–Trinajstić information content (AvgIpc) is 2.93. The van der Waals surface area contributed by atoms with Crippen molar-refractivity contribution < 1.29 is 9.18 Å². The molecule has 0 aliphatic rings. The van der Waals surface area contributed by atoms with Crippen LogP contribution in [0, 0.1) is 5.82 Å². The summed E-state index contributed by atoms with van der Waals surface area (Å²) in [6, 6.07) is 9.82. The highest BCUT2D eigenvalue weighted by atomic mass is 19.1. The second-order valence-electron chi connectivity index (χ2n) is 4.42. The number of fused-ring (bicyclic) bond motifs is 1. The molecule has 0 radical (unpaired) electrons. The van der Waals surface area contributed by atoms with E-state index in [9.17, 15) is 9.18 Å². The van der Waals surface area contributed by atoms with E-state index in [1.165, 1.54) is 6.07 Å². The van der Waals surface area contributed by atoms with Gasteiger partial charge in [0.25, 0.3) is 5.91 Å². The molecule has 0 saturated heterocycles. The molecule has 1 amide bonds. The quantitative estimate of drug-likeness (QED) is 0.793. The van der Waals surface area contributed by atoms with Crippen LogP contribution in [0.1, 0.15) is 15.9 Å². The van der Waals surface area contributed by atoms with Gasteiger partial charge in [0.15, 0.2) is 0 Å². The molecular weight excluding hydrogens is 257 g/mol. The predicted molar refractivity (Wildman–Crippen MR) is 72.8 cm³/mol. The van der Waals surface area contributed by atoms with Gasteiger partial charge >= 0.3 is 0 Å². The maximum Gasteiger partial charge on any atom is 0.251 e. The van der Waals surface area contributed by atoms with Crippen molar-refractivity contribution in [1.29, 1.82) is 0 Å². The molecule has 0 spiro atoms. The van der Waals surface area contributed by atoms with Gasteiger partial charge in [-0.05, 0) is 18.2 Å². The Hall–Kier alpha value is -2.69. The number of rotatable bonds is 3. The molecule has 3 rings (SSSR count). The molecule has 0 unspecified atom stereocenters. The van der Waals surface area contributed by atoms with Crippen molar-refractivity contribution in [2.45, 2.75) is 6.54 Å². The molecule has 0 fully saturated rings. The lowest BCUT2D eigenvalue weighted by molar-refractivity contribution is 0.0950. The van der Waals surface area contributed by atoms with Crippen molar-refractivity contribution in [2.75, 3.05) is 0 Å². The van der Waals surface area contributed by atoms with E-state index in [4.69, 9.17) is 0 Å². The number of imidazole rings is 1. The summed E-state index contributed by atoms with van der Waals surface area (Å²) in [5.41, 5.74) is 1.82. The van der Waals surface area contributed by atoms with Crippen LogP contribution in [-0.4, -0.2) is 15.3 Å². The molecule has 1 N–H and O–H groups in total. The molecule has 100 valence electrons. The first-order valence-corrected chi connectivity index (χ1v) is 6.17. The molecule has 0 saturated carbocycles. The smallest absolute Gasteiger partial charge is 0.251 e. The van der Waals surface area contributed by atoms with Crippen LogP contribution in [-0.2, 0) is 6.54 Å². The van der Waals surface area contributed by atoms with Gasteiger partial charge in [-0.1, -0.05) is 18.2 Å². The fraction of sp³-hybridized carbons (Fsp3) is 0.0667. The van der Waals surface area contributed by atoms with E-state index in [0.717, 1.165) is 5.52 Å². The minimum atomic E-state index is -0.320. The maximum absolute atomic E-state index is 13.4. The second kappa shape index (κ2) is 5.13. The van der Waals surface area contributed by atoms with E-state index >= 15 is 0 Å². The number of hydrogen-bond acceptors (Lipinski definition) is 2. The van der Waals surface area contributed by atoms with Crippen molar-refractivity contribution in [3.8, 4) is 0 Å². The monoisotopic (exact) mass is 269 g/mol. The summed E-state index contributed by atoms with van der Waals surface area (Å²) in [5.74, 6) is -0.559. The Labute approximate surface area is 114 Å². The Kier molecular flexibility index (Phi) is 3.16. The van der Waals surface area contributed by atoms with Crippen molar-refractivity contribution in [2.24, 2.45) is 0 Å². The first-order valence-electron chi connectivity index (χ1n) is 6.17. The van der Waals surface area contributed by atoms with Crippen molar-refractivity contribution in [1.82, 2.24) is 14.7 Å². The van der Waals surface area contributed by atoms with Crippen LogP contribution in [0.5, 0.6) is 0 Å². The van der Waals surface area contributed by atoms with Crippen molar-refractivity contribution in [3.63, 3.8) is 0 Å². The Morgan fingerprint density at radius 3 is 3.00 bits per heavy atom. The Morgan fingerprint density at radius 1 is 1.30 bits per heavy atom. The average molecular weight is 269 g/mol. The molecule has 2 heterocycles. The van der Waals surface area contributed by atoms with E-state index in [2.05, 4.69) is 10.3 Å². The standard InChI is InChI=1S/C15H12FN3O/c16-14-4-2-1-3-12(14)8-18-15(20)11-5-6-19-10-17-9-13(19)7-11/h1-7,9-10H,8H2,(H,18,20). The number of hydrogen-bond donors (Lipinski definition) is 1. The number of amides is 1. The van der Waals surface area contributed by atoms with E-state index < -0.39 is 0 Å². The zero-order valence-electron chi connectivity index (χ0n) is 10.6. The largest absolute Gasteiger partial charge is 0.348 e. The highest BCUT2D eigenvalue weighted by Gasteiger charge is 2.08. The second-order valence-corrected chi connectivity index (χ2v) is 4.42. The van der Waals surface area contributed by atoms with Crippen LogP contribution in [0.15, 0.2) is 55.1 Å². The summed E-state index contributed by atoms with van der Waals surface area (Å²) in [5, 5.41) is 2.70. The number of nitrogens with one attached hydrogen (secondary N) is 1. The first-order chi connectivity index (χ1) is 9.74. The number of benzene rings is 1. The van der Waals surface area contributed by atoms with Crippen LogP contribution in [0.2, 0.25) is 0 Å². The maximum atomic E-state index is 13.4. The number of halogens is 1.